The van der Waals surface area contributed by atoms with Gasteiger partial charge in [-0.15, -0.1) is 0 Å². The molecule has 2 rings (SSSR count). The van der Waals surface area contributed by atoms with Gasteiger partial charge in [-0.25, -0.2) is 0 Å². The molecule has 0 saturated carbocycles. The summed E-state index contributed by atoms with van der Waals surface area (Å²) in [6, 6.07) is 14.9. The van der Waals surface area contributed by atoms with Crippen molar-refractivity contribution in [2.24, 2.45) is 5.92 Å². The van der Waals surface area contributed by atoms with Crippen LogP contribution in [0.5, 0.6) is 0 Å². The highest BCUT2D eigenvalue weighted by atomic mass is 16.3. The molecule has 25 heavy (non-hydrogen) atoms. The molecule has 4 heteroatoms. The quantitative estimate of drug-likeness (QED) is 0.817. The minimum absolute atomic E-state index is 0.251. The van der Waals surface area contributed by atoms with Crippen LogP contribution in [0.2, 0.25) is 0 Å². The molecular formula is C21H28N2O2. The Hall–Kier alpha value is -2.33. The smallest absolute Gasteiger partial charge is 0.199 e. The van der Waals surface area contributed by atoms with Gasteiger partial charge in [0.2, 0.25) is 0 Å². The molecule has 0 heterocycles. The number of carbonyl (C=O) groups excluding carboxylic acids is 1. The molecular weight excluding hydrogens is 312 g/mol. The van der Waals surface area contributed by atoms with Crippen LogP contribution >= 0.6 is 0 Å². The second kappa shape index (κ2) is 7.28. The highest BCUT2D eigenvalue weighted by Gasteiger charge is 2.41. The van der Waals surface area contributed by atoms with Crippen LogP contribution in [0.4, 0.5) is 11.4 Å². The number of benzene rings is 2. The maximum atomic E-state index is 13.1. The standard InChI is InChI=1S/C21H28N2O2/c1-15(2)21(25,17-9-13-19(14-10-17)23(5)6)20(24)16-7-11-18(12-8-16)22(3)4/h7-15,25H,1-6H3. The second-order valence-corrected chi connectivity index (χ2v) is 7.13. The van der Waals surface area contributed by atoms with E-state index < -0.39 is 5.60 Å². The molecule has 1 unspecified atom stereocenters. The predicted molar refractivity (Wildman–Crippen MR) is 105 cm³/mol. The van der Waals surface area contributed by atoms with E-state index in [0.717, 1.165) is 11.4 Å². The van der Waals surface area contributed by atoms with E-state index in [4.69, 9.17) is 0 Å². The lowest BCUT2D eigenvalue weighted by Crippen LogP contribution is -2.41. The van der Waals surface area contributed by atoms with Crippen LogP contribution in [0.15, 0.2) is 48.5 Å². The molecule has 0 saturated heterocycles. The lowest BCUT2D eigenvalue weighted by atomic mass is 9.77. The highest BCUT2D eigenvalue weighted by molar-refractivity contribution is 6.03. The van der Waals surface area contributed by atoms with Crippen molar-refractivity contribution < 1.29 is 9.90 Å². The molecule has 0 spiro atoms. The molecule has 0 fully saturated rings. The van der Waals surface area contributed by atoms with Gasteiger partial charge in [0, 0.05) is 45.1 Å². The monoisotopic (exact) mass is 340 g/mol. The first-order valence-electron chi connectivity index (χ1n) is 8.50. The lowest BCUT2D eigenvalue weighted by Gasteiger charge is -2.32. The number of nitrogens with zero attached hydrogens (tertiary/aromatic N) is 2. The van der Waals surface area contributed by atoms with Gasteiger partial charge in [-0.1, -0.05) is 26.0 Å². The van der Waals surface area contributed by atoms with Gasteiger partial charge < -0.3 is 14.9 Å². The third-order valence-electron chi connectivity index (χ3n) is 4.65. The average Bonchev–Trinajstić information content (AvgIpc) is 2.60. The van der Waals surface area contributed by atoms with Gasteiger partial charge >= 0.3 is 0 Å². The van der Waals surface area contributed by atoms with Crippen molar-refractivity contribution in [3.05, 3.63) is 59.7 Å². The zero-order chi connectivity index (χ0) is 18.8. The average molecular weight is 340 g/mol. The first-order chi connectivity index (χ1) is 11.7. The summed E-state index contributed by atoms with van der Waals surface area (Å²) in [5.41, 5.74) is 1.62. The van der Waals surface area contributed by atoms with Crippen molar-refractivity contribution >= 4 is 17.2 Å². The summed E-state index contributed by atoms with van der Waals surface area (Å²) < 4.78 is 0. The Morgan fingerprint density at radius 1 is 0.840 bits per heavy atom. The van der Waals surface area contributed by atoms with E-state index in [-0.39, 0.29) is 11.7 Å². The Balaban J connectivity index is 2.42. The Kier molecular flexibility index (Phi) is 5.53. The fourth-order valence-electron chi connectivity index (χ4n) is 2.87. The fourth-order valence-corrected chi connectivity index (χ4v) is 2.87. The molecule has 134 valence electrons. The third-order valence-corrected chi connectivity index (χ3v) is 4.65. The number of rotatable bonds is 6. The van der Waals surface area contributed by atoms with Gasteiger partial charge in [-0.3, -0.25) is 4.79 Å². The van der Waals surface area contributed by atoms with Gasteiger partial charge in [-0.2, -0.15) is 0 Å². The minimum atomic E-state index is -1.55. The molecule has 1 N–H and O–H groups in total. The van der Waals surface area contributed by atoms with Crippen LogP contribution in [0.1, 0.15) is 29.8 Å². The zero-order valence-corrected chi connectivity index (χ0v) is 15.9. The fraction of sp³-hybridized carbons (Fsp3) is 0.381. The number of Topliss-reactive ketones (excluding diaryl/α,β-unsaturated/α-hetero) is 1. The van der Waals surface area contributed by atoms with Crippen LogP contribution in [-0.4, -0.2) is 39.1 Å². The van der Waals surface area contributed by atoms with E-state index in [2.05, 4.69) is 0 Å². The highest BCUT2D eigenvalue weighted by Crippen LogP contribution is 2.34. The minimum Gasteiger partial charge on any atom is -0.378 e. The Morgan fingerprint density at radius 2 is 1.24 bits per heavy atom. The summed E-state index contributed by atoms with van der Waals surface area (Å²) in [7, 11) is 7.82. The lowest BCUT2D eigenvalue weighted by molar-refractivity contribution is 0.00308. The van der Waals surface area contributed by atoms with Gasteiger partial charge in [0.25, 0.3) is 0 Å². The first-order valence-corrected chi connectivity index (χ1v) is 8.50. The van der Waals surface area contributed by atoms with Crippen LogP contribution in [0, 0.1) is 5.92 Å². The van der Waals surface area contributed by atoms with E-state index >= 15 is 0 Å². The number of aliphatic hydroxyl groups is 1. The van der Waals surface area contributed by atoms with Gasteiger partial charge in [0.15, 0.2) is 11.4 Å². The molecule has 0 bridgehead atoms. The van der Waals surface area contributed by atoms with Crippen molar-refractivity contribution in [3.63, 3.8) is 0 Å². The second-order valence-electron chi connectivity index (χ2n) is 7.13. The van der Waals surface area contributed by atoms with Gasteiger partial charge in [-0.05, 0) is 47.9 Å². The molecule has 0 amide bonds. The van der Waals surface area contributed by atoms with Crippen LogP contribution in [-0.2, 0) is 5.60 Å². The summed E-state index contributed by atoms with van der Waals surface area (Å²) in [5, 5.41) is 11.3. The van der Waals surface area contributed by atoms with Crippen LogP contribution in [0.3, 0.4) is 0 Å². The maximum Gasteiger partial charge on any atom is 0.199 e. The summed E-state index contributed by atoms with van der Waals surface area (Å²) in [4.78, 5) is 17.1. The zero-order valence-electron chi connectivity index (χ0n) is 15.9. The normalized spacial score (nSPS) is 13.4. The van der Waals surface area contributed by atoms with E-state index in [1.807, 2.05) is 88.2 Å². The number of carbonyl (C=O) groups is 1. The Morgan fingerprint density at radius 3 is 1.60 bits per heavy atom. The number of hydrogen-bond donors (Lipinski definition) is 1. The molecule has 4 nitrogen and oxygen atoms in total. The van der Waals surface area contributed by atoms with Gasteiger partial charge in [0.1, 0.15) is 0 Å². The molecule has 2 aromatic rings. The van der Waals surface area contributed by atoms with Crippen LogP contribution < -0.4 is 9.80 Å². The summed E-state index contributed by atoms with van der Waals surface area (Å²) in [6.07, 6.45) is 0. The SMILES string of the molecule is CC(C)C(O)(C(=O)c1ccc(N(C)C)cc1)c1ccc(N(C)C)cc1. The first kappa shape index (κ1) is 19.0. The number of hydrogen-bond acceptors (Lipinski definition) is 4. The Labute approximate surface area is 150 Å². The maximum absolute atomic E-state index is 13.1. The van der Waals surface area contributed by atoms with E-state index in [1.54, 1.807) is 12.1 Å². The molecule has 2 aromatic carbocycles. The van der Waals surface area contributed by atoms with E-state index in [9.17, 15) is 9.90 Å². The molecule has 0 aromatic heterocycles. The van der Waals surface area contributed by atoms with E-state index in [0.29, 0.717) is 11.1 Å². The van der Waals surface area contributed by atoms with Crippen molar-refractivity contribution in [3.8, 4) is 0 Å². The van der Waals surface area contributed by atoms with Crippen molar-refractivity contribution in [1.82, 2.24) is 0 Å². The van der Waals surface area contributed by atoms with Gasteiger partial charge in [0.05, 0.1) is 0 Å². The largest absolute Gasteiger partial charge is 0.378 e. The Bertz CT molecular complexity index is 719. The van der Waals surface area contributed by atoms with Crippen molar-refractivity contribution in [1.29, 1.82) is 0 Å². The third kappa shape index (κ3) is 3.69. The molecule has 0 aliphatic heterocycles. The van der Waals surface area contributed by atoms with Crippen molar-refractivity contribution in [2.75, 3.05) is 38.0 Å². The summed E-state index contributed by atoms with van der Waals surface area (Å²) >= 11 is 0. The van der Waals surface area contributed by atoms with E-state index in [1.165, 1.54) is 0 Å². The molecule has 0 radical (unpaired) electrons. The molecule has 0 aliphatic rings. The summed E-state index contributed by atoms with van der Waals surface area (Å²) in [6.45, 7) is 3.73. The summed E-state index contributed by atoms with van der Waals surface area (Å²) in [5.74, 6) is -0.524. The van der Waals surface area contributed by atoms with Crippen LogP contribution in [0.25, 0.3) is 0 Å². The molecule has 0 aliphatic carbocycles. The predicted octanol–water partition coefficient (Wildman–Crippen LogP) is 3.55. The number of anilines is 2. The number of ketones is 1. The van der Waals surface area contributed by atoms with Crippen molar-refractivity contribution in [2.45, 2.75) is 19.4 Å². The molecule has 1 atom stereocenters. The topological polar surface area (TPSA) is 43.8 Å².